The molecule has 0 saturated carbocycles. The van der Waals surface area contributed by atoms with Crippen LogP contribution in [0.4, 0.5) is 0 Å². The van der Waals surface area contributed by atoms with Gasteiger partial charge in [0.05, 0.1) is 7.11 Å². The van der Waals surface area contributed by atoms with E-state index < -0.39 is 6.10 Å². The fourth-order valence-electron chi connectivity index (χ4n) is 2.71. The van der Waals surface area contributed by atoms with E-state index in [-0.39, 0.29) is 11.9 Å². The van der Waals surface area contributed by atoms with Gasteiger partial charge in [-0.15, -0.1) is 0 Å². The Kier molecular flexibility index (Phi) is 5.20. The molecule has 1 aromatic carbocycles. The lowest BCUT2D eigenvalue weighted by Gasteiger charge is -2.38. The lowest BCUT2D eigenvalue weighted by molar-refractivity contribution is -0.141. The molecule has 1 N–H and O–H groups in total. The van der Waals surface area contributed by atoms with Crippen LogP contribution in [0.15, 0.2) is 24.3 Å². The summed E-state index contributed by atoms with van der Waals surface area (Å²) >= 11 is 0. The van der Waals surface area contributed by atoms with Gasteiger partial charge in [0.2, 0.25) is 0 Å². The van der Waals surface area contributed by atoms with Gasteiger partial charge in [-0.2, -0.15) is 0 Å². The molecule has 0 bridgehead atoms. The number of ether oxygens (including phenoxy) is 1. The van der Waals surface area contributed by atoms with E-state index in [4.69, 9.17) is 4.74 Å². The lowest BCUT2D eigenvalue weighted by Crippen LogP contribution is -2.51. The average molecular weight is 292 g/mol. The molecule has 1 aliphatic rings. The number of aliphatic hydroxyl groups excluding tert-OH is 1. The number of hydrogen-bond acceptors (Lipinski definition) is 4. The van der Waals surface area contributed by atoms with Gasteiger partial charge in [0.15, 0.2) is 0 Å². The molecule has 5 heteroatoms. The smallest absolute Gasteiger partial charge is 0.251 e. The standard InChI is InChI=1S/C16H24N2O3/c1-12(14-5-4-6-15(11-14)21-3)17-7-9-18(10-8-17)16(20)13(2)19/h4-6,11-13,19H,7-10H2,1-3H3. The van der Waals surface area contributed by atoms with E-state index in [1.165, 1.54) is 12.5 Å². The first-order valence-electron chi connectivity index (χ1n) is 7.37. The fourth-order valence-corrected chi connectivity index (χ4v) is 2.71. The monoisotopic (exact) mass is 292 g/mol. The third kappa shape index (κ3) is 3.74. The molecule has 1 heterocycles. The van der Waals surface area contributed by atoms with Gasteiger partial charge in [-0.3, -0.25) is 9.69 Å². The predicted molar refractivity (Wildman–Crippen MR) is 81.2 cm³/mol. The molecular weight excluding hydrogens is 268 g/mol. The summed E-state index contributed by atoms with van der Waals surface area (Å²) in [6, 6.07) is 8.37. The third-order valence-electron chi connectivity index (χ3n) is 4.11. The second-order valence-corrected chi connectivity index (χ2v) is 5.49. The van der Waals surface area contributed by atoms with Crippen molar-refractivity contribution in [2.24, 2.45) is 0 Å². The van der Waals surface area contributed by atoms with Crippen molar-refractivity contribution in [2.45, 2.75) is 26.0 Å². The Morgan fingerprint density at radius 1 is 1.24 bits per heavy atom. The van der Waals surface area contributed by atoms with Crippen LogP contribution in [0.5, 0.6) is 5.75 Å². The van der Waals surface area contributed by atoms with Crippen LogP contribution >= 0.6 is 0 Å². The Bertz CT molecular complexity index is 482. The molecule has 1 fully saturated rings. The summed E-state index contributed by atoms with van der Waals surface area (Å²) in [6.07, 6.45) is -0.910. The van der Waals surface area contributed by atoms with E-state index in [1.807, 2.05) is 12.1 Å². The van der Waals surface area contributed by atoms with E-state index in [0.29, 0.717) is 13.1 Å². The van der Waals surface area contributed by atoms with Crippen molar-refractivity contribution in [3.05, 3.63) is 29.8 Å². The van der Waals surface area contributed by atoms with Crippen LogP contribution in [0, 0.1) is 0 Å². The van der Waals surface area contributed by atoms with Crippen molar-refractivity contribution >= 4 is 5.91 Å². The van der Waals surface area contributed by atoms with Crippen LogP contribution in [-0.4, -0.2) is 60.2 Å². The van der Waals surface area contributed by atoms with Crippen molar-refractivity contribution in [1.29, 1.82) is 0 Å². The third-order valence-corrected chi connectivity index (χ3v) is 4.11. The number of hydrogen-bond donors (Lipinski definition) is 1. The van der Waals surface area contributed by atoms with Crippen LogP contribution in [0.3, 0.4) is 0 Å². The van der Waals surface area contributed by atoms with Crippen LogP contribution in [0.25, 0.3) is 0 Å². The molecule has 2 unspecified atom stereocenters. The van der Waals surface area contributed by atoms with E-state index >= 15 is 0 Å². The summed E-state index contributed by atoms with van der Waals surface area (Å²) in [5, 5.41) is 9.37. The van der Waals surface area contributed by atoms with E-state index in [0.717, 1.165) is 18.8 Å². The van der Waals surface area contributed by atoms with Crippen molar-refractivity contribution < 1.29 is 14.6 Å². The molecule has 2 rings (SSSR count). The maximum atomic E-state index is 11.8. The summed E-state index contributed by atoms with van der Waals surface area (Å²) in [5.41, 5.74) is 1.21. The Morgan fingerprint density at radius 2 is 1.90 bits per heavy atom. The second kappa shape index (κ2) is 6.91. The summed E-state index contributed by atoms with van der Waals surface area (Å²) in [5.74, 6) is 0.686. The van der Waals surface area contributed by atoms with Crippen molar-refractivity contribution in [3.63, 3.8) is 0 Å². The molecule has 1 saturated heterocycles. The Hall–Kier alpha value is -1.59. The average Bonchev–Trinajstić information content (AvgIpc) is 2.53. The molecule has 0 aliphatic carbocycles. The number of piperazine rings is 1. The van der Waals surface area contributed by atoms with Crippen molar-refractivity contribution in [1.82, 2.24) is 9.80 Å². The molecule has 116 valence electrons. The van der Waals surface area contributed by atoms with Gasteiger partial charge in [0.25, 0.3) is 5.91 Å². The first-order valence-corrected chi connectivity index (χ1v) is 7.37. The van der Waals surface area contributed by atoms with Crippen LogP contribution in [0.2, 0.25) is 0 Å². The SMILES string of the molecule is COc1cccc(C(C)N2CCN(C(=O)C(C)O)CC2)c1. The number of carbonyl (C=O) groups excluding carboxylic acids is 1. The predicted octanol–water partition coefficient (Wildman–Crippen LogP) is 1.28. The Morgan fingerprint density at radius 3 is 2.48 bits per heavy atom. The molecule has 0 radical (unpaired) electrons. The molecule has 1 aromatic rings. The zero-order valence-corrected chi connectivity index (χ0v) is 13.0. The normalized spacial score (nSPS) is 19.1. The Labute approximate surface area is 126 Å². The second-order valence-electron chi connectivity index (χ2n) is 5.49. The number of methoxy groups -OCH3 is 1. The quantitative estimate of drug-likeness (QED) is 0.908. The number of aliphatic hydroxyl groups is 1. The minimum absolute atomic E-state index is 0.177. The topological polar surface area (TPSA) is 53.0 Å². The number of benzene rings is 1. The Balaban J connectivity index is 1.96. The highest BCUT2D eigenvalue weighted by Gasteiger charge is 2.26. The molecule has 21 heavy (non-hydrogen) atoms. The lowest BCUT2D eigenvalue weighted by atomic mass is 10.1. The highest BCUT2D eigenvalue weighted by molar-refractivity contribution is 5.80. The van der Waals surface area contributed by atoms with Crippen molar-refractivity contribution in [2.75, 3.05) is 33.3 Å². The minimum atomic E-state index is -0.910. The van der Waals surface area contributed by atoms with Gasteiger partial charge >= 0.3 is 0 Å². The molecule has 0 spiro atoms. The molecular formula is C16H24N2O3. The summed E-state index contributed by atoms with van der Waals surface area (Å²) in [7, 11) is 1.67. The molecule has 1 aliphatic heterocycles. The zero-order chi connectivity index (χ0) is 15.4. The van der Waals surface area contributed by atoms with Gasteiger partial charge in [0.1, 0.15) is 11.9 Å². The van der Waals surface area contributed by atoms with E-state index in [1.54, 1.807) is 12.0 Å². The zero-order valence-electron chi connectivity index (χ0n) is 13.0. The number of rotatable bonds is 4. The number of nitrogens with zero attached hydrogens (tertiary/aromatic N) is 2. The van der Waals surface area contributed by atoms with E-state index in [2.05, 4.69) is 24.0 Å². The fraction of sp³-hybridized carbons (Fsp3) is 0.562. The first kappa shape index (κ1) is 15.8. The summed E-state index contributed by atoms with van der Waals surface area (Å²) < 4.78 is 5.27. The van der Waals surface area contributed by atoms with Gasteiger partial charge in [-0.25, -0.2) is 0 Å². The molecule has 2 atom stereocenters. The van der Waals surface area contributed by atoms with Gasteiger partial charge in [-0.05, 0) is 31.5 Å². The van der Waals surface area contributed by atoms with Gasteiger partial charge in [-0.1, -0.05) is 12.1 Å². The highest BCUT2D eigenvalue weighted by Crippen LogP contribution is 2.24. The maximum absolute atomic E-state index is 11.8. The molecule has 1 amide bonds. The van der Waals surface area contributed by atoms with E-state index in [9.17, 15) is 9.90 Å². The van der Waals surface area contributed by atoms with Gasteiger partial charge in [0, 0.05) is 32.2 Å². The molecule has 5 nitrogen and oxygen atoms in total. The molecule has 0 aromatic heterocycles. The minimum Gasteiger partial charge on any atom is -0.497 e. The maximum Gasteiger partial charge on any atom is 0.251 e. The van der Waals surface area contributed by atoms with Crippen LogP contribution < -0.4 is 4.74 Å². The van der Waals surface area contributed by atoms with Gasteiger partial charge < -0.3 is 14.7 Å². The summed E-state index contributed by atoms with van der Waals surface area (Å²) in [4.78, 5) is 15.9. The van der Waals surface area contributed by atoms with Crippen LogP contribution in [-0.2, 0) is 4.79 Å². The number of carbonyl (C=O) groups is 1. The highest BCUT2D eigenvalue weighted by atomic mass is 16.5. The van der Waals surface area contributed by atoms with Crippen LogP contribution in [0.1, 0.15) is 25.5 Å². The number of amides is 1. The first-order chi connectivity index (χ1) is 10.0. The largest absolute Gasteiger partial charge is 0.497 e. The van der Waals surface area contributed by atoms with Crippen molar-refractivity contribution in [3.8, 4) is 5.75 Å². The summed E-state index contributed by atoms with van der Waals surface area (Å²) in [6.45, 7) is 6.65.